The Morgan fingerprint density at radius 2 is 1.93 bits per heavy atom. The zero-order chi connectivity index (χ0) is 21.9. The van der Waals surface area contributed by atoms with Crippen LogP contribution in [0.3, 0.4) is 0 Å². The first kappa shape index (κ1) is 21.3. The third-order valence-corrected chi connectivity index (χ3v) is 4.68. The molecule has 0 fully saturated rings. The van der Waals surface area contributed by atoms with Crippen molar-refractivity contribution in [3.63, 3.8) is 0 Å². The molecule has 0 radical (unpaired) electrons. The highest BCUT2D eigenvalue weighted by Crippen LogP contribution is 2.32. The van der Waals surface area contributed by atoms with E-state index in [9.17, 15) is 18.0 Å². The fraction of sp³-hybridized carbons (Fsp3) is 0.182. The molecule has 156 valence electrons. The highest BCUT2D eigenvalue weighted by molar-refractivity contribution is 5.96. The molecule has 0 aliphatic carbocycles. The number of nitrogens with one attached hydrogen (secondary N) is 1. The molecule has 0 saturated carbocycles. The standard InChI is InChI=1S/C22H21F3N4O/c1-14-11-16(7-8-18(14)20-9-10-27-29(20)2)21(30)28-17(13-26)12-15-5-3-4-6-19(15)22(23,24)25/h3-12H,13,26H2,1-2H3,(H,28,30)/b17-12+. The van der Waals surface area contributed by atoms with Crippen molar-refractivity contribution in [2.45, 2.75) is 13.1 Å². The third kappa shape index (κ3) is 4.60. The fourth-order valence-corrected chi connectivity index (χ4v) is 3.16. The summed E-state index contributed by atoms with van der Waals surface area (Å²) in [5.41, 5.74) is 8.08. The van der Waals surface area contributed by atoms with Gasteiger partial charge < -0.3 is 11.1 Å². The van der Waals surface area contributed by atoms with Crippen molar-refractivity contribution in [2.75, 3.05) is 6.54 Å². The van der Waals surface area contributed by atoms with Gasteiger partial charge in [-0.05, 0) is 48.4 Å². The van der Waals surface area contributed by atoms with Crippen molar-refractivity contribution in [3.8, 4) is 11.3 Å². The molecule has 3 rings (SSSR count). The van der Waals surface area contributed by atoms with E-state index in [-0.39, 0.29) is 17.8 Å². The van der Waals surface area contributed by atoms with Crippen LogP contribution in [0.5, 0.6) is 0 Å². The Balaban J connectivity index is 1.85. The first-order chi connectivity index (χ1) is 14.2. The van der Waals surface area contributed by atoms with Crippen LogP contribution in [-0.2, 0) is 13.2 Å². The first-order valence-electron chi connectivity index (χ1n) is 9.18. The van der Waals surface area contributed by atoms with Crippen molar-refractivity contribution < 1.29 is 18.0 Å². The lowest BCUT2D eigenvalue weighted by Gasteiger charge is -2.13. The van der Waals surface area contributed by atoms with E-state index < -0.39 is 17.6 Å². The van der Waals surface area contributed by atoms with E-state index in [1.807, 2.05) is 26.1 Å². The number of benzene rings is 2. The summed E-state index contributed by atoms with van der Waals surface area (Å²) >= 11 is 0. The van der Waals surface area contributed by atoms with E-state index >= 15 is 0 Å². The maximum absolute atomic E-state index is 13.2. The Labute approximate surface area is 172 Å². The molecule has 1 heterocycles. The lowest BCUT2D eigenvalue weighted by atomic mass is 10.0. The summed E-state index contributed by atoms with van der Waals surface area (Å²) in [6, 6.07) is 12.2. The molecule has 1 aromatic heterocycles. The van der Waals surface area contributed by atoms with Gasteiger partial charge >= 0.3 is 6.18 Å². The average Bonchev–Trinajstić information content (AvgIpc) is 3.12. The Morgan fingerprint density at radius 3 is 2.53 bits per heavy atom. The molecular formula is C22H21F3N4O. The number of nitrogens with two attached hydrogens (primary N) is 1. The molecule has 1 amide bonds. The van der Waals surface area contributed by atoms with Gasteiger partial charge in [0.1, 0.15) is 0 Å². The lowest BCUT2D eigenvalue weighted by Crippen LogP contribution is -2.27. The molecule has 0 bridgehead atoms. The molecule has 0 atom stereocenters. The van der Waals surface area contributed by atoms with Crippen LogP contribution in [0.15, 0.2) is 60.4 Å². The third-order valence-electron chi connectivity index (χ3n) is 4.68. The predicted octanol–water partition coefficient (Wildman–Crippen LogP) is 4.14. The molecular weight excluding hydrogens is 393 g/mol. The van der Waals surface area contributed by atoms with E-state index in [1.54, 1.807) is 23.0 Å². The highest BCUT2D eigenvalue weighted by Gasteiger charge is 2.32. The number of aryl methyl sites for hydroxylation is 2. The Bertz CT molecular complexity index is 1100. The minimum atomic E-state index is -4.50. The maximum atomic E-state index is 13.2. The van der Waals surface area contributed by atoms with Crippen molar-refractivity contribution in [3.05, 3.63) is 82.7 Å². The quantitative estimate of drug-likeness (QED) is 0.659. The van der Waals surface area contributed by atoms with Gasteiger partial charge in [-0.1, -0.05) is 24.3 Å². The molecule has 0 saturated heterocycles. The van der Waals surface area contributed by atoms with Gasteiger partial charge in [-0.25, -0.2) is 0 Å². The summed E-state index contributed by atoms with van der Waals surface area (Å²) < 4.78 is 41.3. The van der Waals surface area contributed by atoms with Crippen LogP contribution in [0.1, 0.15) is 27.0 Å². The molecule has 2 aromatic carbocycles. The SMILES string of the molecule is Cc1cc(C(=O)N/C(=C/c2ccccc2C(F)(F)F)CN)ccc1-c1ccnn1C. The van der Waals surface area contributed by atoms with Crippen LogP contribution in [0.2, 0.25) is 0 Å². The van der Waals surface area contributed by atoms with Crippen LogP contribution in [-0.4, -0.2) is 22.2 Å². The molecule has 0 aliphatic heterocycles. The Morgan fingerprint density at radius 1 is 1.20 bits per heavy atom. The van der Waals surface area contributed by atoms with Gasteiger partial charge in [-0.15, -0.1) is 0 Å². The summed E-state index contributed by atoms with van der Waals surface area (Å²) in [4.78, 5) is 12.7. The highest BCUT2D eigenvalue weighted by atomic mass is 19.4. The fourth-order valence-electron chi connectivity index (χ4n) is 3.16. The van der Waals surface area contributed by atoms with Gasteiger partial charge in [0, 0.05) is 36.6 Å². The number of halogens is 3. The van der Waals surface area contributed by atoms with Gasteiger partial charge in [0.2, 0.25) is 0 Å². The van der Waals surface area contributed by atoms with Crippen molar-refractivity contribution in [1.29, 1.82) is 0 Å². The second-order valence-electron chi connectivity index (χ2n) is 6.78. The van der Waals surface area contributed by atoms with Crippen LogP contribution in [0.25, 0.3) is 17.3 Å². The van der Waals surface area contributed by atoms with E-state index in [2.05, 4.69) is 10.4 Å². The van der Waals surface area contributed by atoms with E-state index in [0.717, 1.165) is 22.9 Å². The monoisotopic (exact) mass is 414 g/mol. The van der Waals surface area contributed by atoms with Gasteiger partial charge in [0.05, 0.1) is 11.3 Å². The van der Waals surface area contributed by atoms with Crippen LogP contribution < -0.4 is 11.1 Å². The molecule has 3 N–H and O–H groups in total. The van der Waals surface area contributed by atoms with Crippen LogP contribution in [0, 0.1) is 6.92 Å². The number of carbonyl (C=O) groups excluding carboxylic acids is 1. The van der Waals surface area contributed by atoms with Crippen molar-refractivity contribution >= 4 is 12.0 Å². The first-order valence-corrected chi connectivity index (χ1v) is 9.18. The van der Waals surface area contributed by atoms with Gasteiger partial charge in [-0.2, -0.15) is 18.3 Å². The molecule has 3 aromatic rings. The maximum Gasteiger partial charge on any atom is 0.416 e. The van der Waals surface area contributed by atoms with Crippen molar-refractivity contribution in [2.24, 2.45) is 12.8 Å². The minimum absolute atomic E-state index is 0.0616. The van der Waals surface area contributed by atoms with Crippen LogP contribution >= 0.6 is 0 Å². The lowest BCUT2D eigenvalue weighted by molar-refractivity contribution is -0.137. The number of rotatable bonds is 5. The number of amides is 1. The number of alkyl halides is 3. The van der Waals surface area contributed by atoms with Crippen molar-refractivity contribution in [1.82, 2.24) is 15.1 Å². The molecule has 0 aliphatic rings. The zero-order valence-electron chi connectivity index (χ0n) is 16.5. The molecule has 8 heteroatoms. The second-order valence-corrected chi connectivity index (χ2v) is 6.78. The summed E-state index contributed by atoms with van der Waals surface area (Å²) in [7, 11) is 1.83. The minimum Gasteiger partial charge on any atom is -0.325 e. The molecule has 0 unspecified atom stereocenters. The number of aromatic nitrogens is 2. The smallest absolute Gasteiger partial charge is 0.325 e. The molecule has 0 spiro atoms. The van der Waals surface area contributed by atoms with E-state index in [0.29, 0.717) is 5.56 Å². The summed E-state index contributed by atoms with van der Waals surface area (Å²) in [5.74, 6) is -0.448. The number of hydrogen-bond donors (Lipinski definition) is 2. The molecule has 30 heavy (non-hydrogen) atoms. The predicted molar refractivity (Wildman–Crippen MR) is 109 cm³/mol. The largest absolute Gasteiger partial charge is 0.416 e. The van der Waals surface area contributed by atoms with E-state index in [1.165, 1.54) is 24.3 Å². The normalized spacial score (nSPS) is 12.1. The summed E-state index contributed by atoms with van der Waals surface area (Å²) in [6.45, 7) is 1.75. The topological polar surface area (TPSA) is 72.9 Å². The molecule has 5 nitrogen and oxygen atoms in total. The number of carbonyl (C=O) groups is 1. The zero-order valence-corrected chi connectivity index (χ0v) is 16.5. The summed E-state index contributed by atoms with van der Waals surface area (Å²) in [6.07, 6.45) is -1.57. The van der Waals surface area contributed by atoms with Crippen LogP contribution in [0.4, 0.5) is 13.2 Å². The summed E-state index contributed by atoms with van der Waals surface area (Å²) in [5, 5.41) is 6.76. The number of nitrogens with zero attached hydrogens (tertiary/aromatic N) is 2. The van der Waals surface area contributed by atoms with Gasteiger partial charge in [0.15, 0.2) is 0 Å². The Hall–Kier alpha value is -3.39. The number of hydrogen-bond acceptors (Lipinski definition) is 3. The average molecular weight is 414 g/mol. The van der Waals surface area contributed by atoms with Gasteiger partial charge in [-0.3, -0.25) is 9.48 Å². The van der Waals surface area contributed by atoms with Gasteiger partial charge in [0.25, 0.3) is 5.91 Å². The second kappa shape index (κ2) is 8.54. The van der Waals surface area contributed by atoms with E-state index in [4.69, 9.17) is 5.73 Å². The Kier molecular flexibility index (Phi) is 6.07.